The lowest BCUT2D eigenvalue weighted by molar-refractivity contribution is -0.123. The highest BCUT2D eigenvalue weighted by Gasteiger charge is 2.24. The minimum Gasteiger partial charge on any atom is -0.497 e. The Morgan fingerprint density at radius 1 is 1.03 bits per heavy atom. The number of rotatable bonds is 8. The zero-order valence-corrected chi connectivity index (χ0v) is 19.4. The van der Waals surface area contributed by atoms with E-state index in [1.54, 1.807) is 18.2 Å². The molecule has 180 valence electrons. The van der Waals surface area contributed by atoms with Crippen LogP contribution in [-0.2, 0) is 19.6 Å². The summed E-state index contributed by atoms with van der Waals surface area (Å²) in [6.45, 7) is 1.31. The number of hydrogen-bond acceptors (Lipinski definition) is 7. The first-order valence-electron chi connectivity index (χ1n) is 10.1. The Hall–Kier alpha value is -4.43. The summed E-state index contributed by atoms with van der Waals surface area (Å²) in [6, 6.07) is 16.7. The van der Waals surface area contributed by atoms with Gasteiger partial charge in [0.2, 0.25) is 0 Å². The van der Waals surface area contributed by atoms with Crippen LogP contribution in [0.1, 0.15) is 22.8 Å². The Balaban J connectivity index is 1.73. The van der Waals surface area contributed by atoms with Crippen LogP contribution in [0, 0.1) is 17.1 Å². The largest absolute Gasteiger partial charge is 0.497 e. The summed E-state index contributed by atoms with van der Waals surface area (Å²) in [4.78, 5) is 24.1. The van der Waals surface area contributed by atoms with Gasteiger partial charge in [-0.3, -0.25) is 9.52 Å². The Kier molecular flexibility index (Phi) is 7.68. The predicted octanol–water partition coefficient (Wildman–Crippen LogP) is 3.69. The molecule has 9 nitrogen and oxygen atoms in total. The van der Waals surface area contributed by atoms with Gasteiger partial charge in [-0.05, 0) is 67.6 Å². The summed E-state index contributed by atoms with van der Waals surface area (Å²) >= 11 is 0. The first-order valence-corrected chi connectivity index (χ1v) is 11.6. The standard InChI is InChI=1S/C24H20FN3O6S/c1-15(23(29)27-19-5-3-4-16(12-19)14-26)34-24(30)17-6-11-21(25)22(13-17)35(31,32)28-18-7-9-20(33-2)10-8-18/h3-13,15,28H,1-2H3,(H,27,29)/t15-/m1/s1. The molecule has 3 aromatic carbocycles. The van der Waals surface area contributed by atoms with Crippen LogP contribution in [0.5, 0.6) is 5.75 Å². The molecule has 3 aromatic rings. The average Bonchev–Trinajstić information content (AvgIpc) is 2.84. The molecule has 3 rings (SSSR count). The van der Waals surface area contributed by atoms with Crippen molar-refractivity contribution in [3.05, 3.63) is 83.7 Å². The van der Waals surface area contributed by atoms with Crippen LogP contribution in [0.25, 0.3) is 0 Å². The lowest BCUT2D eigenvalue weighted by Gasteiger charge is -2.14. The molecule has 0 unspecified atom stereocenters. The molecule has 0 aromatic heterocycles. The fourth-order valence-electron chi connectivity index (χ4n) is 2.90. The van der Waals surface area contributed by atoms with Gasteiger partial charge >= 0.3 is 5.97 Å². The third kappa shape index (κ3) is 6.33. The van der Waals surface area contributed by atoms with E-state index >= 15 is 0 Å². The van der Waals surface area contributed by atoms with Crippen molar-refractivity contribution < 1.29 is 31.9 Å². The fourth-order valence-corrected chi connectivity index (χ4v) is 4.06. The molecule has 35 heavy (non-hydrogen) atoms. The first-order chi connectivity index (χ1) is 16.6. The average molecular weight is 498 g/mol. The normalized spacial score (nSPS) is 11.6. The van der Waals surface area contributed by atoms with E-state index in [9.17, 15) is 22.4 Å². The number of ether oxygens (including phenoxy) is 2. The minimum absolute atomic E-state index is 0.156. The molecule has 0 aliphatic rings. The Labute approximate surface area is 201 Å². The van der Waals surface area contributed by atoms with Crippen LogP contribution in [0.4, 0.5) is 15.8 Å². The number of nitriles is 1. The molecule has 0 aliphatic heterocycles. The highest BCUT2D eigenvalue weighted by molar-refractivity contribution is 7.92. The number of halogens is 1. The molecule has 0 spiro atoms. The molecule has 0 heterocycles. The lowest BCUT2D eigenvalue weighted by atomic mass is 10.2. The number of benzene rings is 3. The van der Waals surface area contributed by atoms with Crippen LogP contribution in [-0.4, -0.2) is 33.5 Å². The van der Waals surface area contributed by atoms with Crippen molar-refractivity contribution in [3.8, 4) is 11.8 Å². The summed E-state index contributed by atoms with van der Waals surface area (Å²) < 4.78 is 52.1. The van der Waals surface area contributed by atoms with Crippen molar-refractivity contribution in [3.63, 3.8) is 0 Å². The summed E-state index contributed by atoms with van der Waals surface area (Å²) in [5, 5.41) is 11.5. The number of methoxy groups -OCH3 is 1. The molecule has 1 amide bonds. The highest BCUT2D eigenvalue weighted by atomic mass is 32.2. The number of carbonyl (C=O) groups excluding carboxylic acids is 2. The second-order valence-corrected chi connectivity index (χ2v) is 8.86. The van der Waals surface area contributed by atoms with Gasteiger partial charge in [-0.2, -0.15) is 5.26 Å². The molecule has 0 saturated heterocycles. The van der Waals surface area contributed by atoms with Crippen molar-refractivity contribution in [2.45, 2.75) is 17.9 Å². The number of hydrogen-bond donors (Lipinski definition) is 2. The van der Waals surface area contributed by atoms with Crippen LogP contribution < -0.4 is 14.8 Å². The topological polar surface area (TPSA) is 135 Å². The predicted molar refractivity (Wildman–Crippen MR) is 125 cm³/mol. The Bertz CT molecular complexity index is 1400. The molecule has 0 fully saturated rings. The van der Waals surface area contributed by atoms with E-state index in [2.05, 4.69) is 10.0 Å². The van der Waals surface area contributed by atoms with Crippen LogP contribution in [0.2, 0.25) is 0 Å². The molecule has 0 saturated carbocycles. The second kappa shape index (κ2) is 10.7. The quantitative estimate of drug-likeness (QED) is 0.453. The summed E-state index contributed by atoms with van der Waals surface area (Å²) in [7, 11) is -2.94. The first kappa shape index (κ1) is 25.2. The maximum absolute atomic E-state index is 14.4. The number of nitrogens with one attached hydrogen (secondary N) is 2. The zero-order chi connectivity index (χ0) is 25.6. The van der Waals surface area contributed by atoms with Gasteiger partial charge in [-0.1, -0.05) is 6.07 Å². The Morgan fingerprint density at radius 3 is 2.40 bits per heavy atom. The van der Waals surface area contributed by atoms with Gasteiger partial charge in [0.25, 0.3) is 15.9 Å². The molecular formula is C24H20FN3O6S. The number of nitrogens with zero attached hydrogens (tertiary/aromatic N) is 1. The lowest BCUT2D eigenvalue weighted by Crippen LogP contribution is -2.30. The molecule has 2 N–H and O–H groups in total. The van der Waals surface area contributed by atoms with E-state index < -0.39 is 38.7 Å². The molecule has 1 atom stereocenters. The van der Waals surface area contributed by atoms with E-state index in [4.69, 9.17) is 14.7 Å². The van der Waals surface area contributed by atoms with Gasteiger partial charge in [0, 0.05) is 11.4 Å². The smallest absolute Gasteiger partial charge is 0.338 e. The fraction of sp³-hybridized carbons (Fsp3) is 0.125. The highest BCUT2D eigenvalue weighted by Crippen LogP contribution is 2.23. The number of esters is 1. The van der Waals surface area contributed by atoms with E-state index in [1.165, 1.54) is 44.4 Å². The summed E-state index contributed by atoms with van der Waals surface area (Å²) in [6.07, 6.45) is -1.27. The SMILES string of the molecule is COc1ccc(NS(=O)(=O)c2cc(C(=O)O[C@H](C)C(=O)Nc3cccc(C#N)c3)ccc2F)cc1. The monoisotopic (exact) mass is 497 g/mol. The van der Waals surface area contributed by atoms with E-state index in [1.807, 2.05) is 6.07 Å². The van der Waals surface area contributed by atoms with Gasteiger partial charge < -0.3 is 14.8 Å². The van der Waals surface area contributed by atoms with Crippen molar-refractivity contribution in [1.82, 2.24) is 0 Å². The molecule has 0 radical (unpaired) electrons. The van der Waals surface area contributed by atoms with Crippen LogP contribution >= 0.6 is 0 Å². The Morgan fingerprint density at radius 2 is 1.74 bits per heavy atom. The van der Waals surface area contributed by atoms with Gasteiger partial charge in [-0.15, -0.1) is 0 Å². The van der Waals surface area contributed by atoms with Crippen LogP contribution in [0.3, 0.4) is 0 Å². The van der Waals surface area contributed by atoms with Gasteiger partial charge in [-0.25, -0.2) is 17.6 Å². The third-order valence-corrected chi connectivity index (χ3v) is 6.11. The number of sulfonamides is 1. The molecule has 0 aliphatic carbocycles. The van der Waals surface area contributed by atoms with Crippen molar-refractivity contribution in [2.24, 2.45) is 0 Å². The van der Waals surface area contributed by atoms with Crippen molar-refractivity contribution in [1.29, 1.82) is 5.26 Å². The maximum Gasteiger partial charge on any atom is 0.338 e. The van der Waals surface area contributed by atoms with Gasteiger partial charge in [0.15, 0.2) is 6.10 Å². The maximum atomic E-state index is 14.4. The summed E-state index contributed by atoms with van der Waals surface area (Å²) in [5.74, 6) is -2.28. The van der Waals surface area contributed by atoms with Gasteiger partial charge in [0.1, 0.15) is 16.5 Å². The number of amides is 1. The van der Waals surface area contributed by atoms with E-state index in [-0.39, 0.29) is 11.3 Å². The van der Waals surface area contributed by atoms with Gasteiger partial charge in [0.05, 0.1) is 24.3 Å². The molecule has 11 heteroatoms. The van der Waals surface area contributed by atoms with Crippen molar-refractivity contribution in [2.75, 3.05) is 17.1 Å². The second-order valence-electron chi connectivity index (χ2n) is 7.21. The molecule has 0 bridgehead atoms. The number of anilines is 2. The third-order valence-electron chi connectivity index (χ3n) is 4.71. The van der Waals surface area contributed by atoms with Crippen LogP contribution in [0.15, 0.2) is 71.6 Å². The minimum atomic E-state index is -4.39. The molecular weight excluding hydrogens is 477 g/mol. The van der Waals surface area contributed by atoms with E-state index in [0.717, 1.165) is 18.2 Å². The van der Waals surface area contributed by atoms with E-state index in [0.29, 0.717) is 17.0 Å². The number of carbonyl (C=O) groups is 2. The van der Waals surface area contributed by atoms with Crippen molar-refractivity contribution >= 4 is 33.3 Å². The zero-order valence-electron chi connectivity index (χ0n) is 18.6. The summed E-state index contributed by atoms with van der Waals surface area (Å²) in [5.41, 5.74) is 0.545.